The Morgan fingerprint density at radius 1 is 1.48 bits per heavy atom. The van der Waals surface area contributed by atoms with Crippen molar-refractivity contribution in [2.24, 2.45) is 0 Å². The Balaban J connectivity index is 2.02. The zero-order valence-corrected chi connectivity index (χ0v) is 11.9. The van der Waals surface area contributed by atoms with Crippen LogP contribution in [-0.2, 0) is 9.53 Å². The normalized spacial score (nSPS) is 17.6. The largest absolute Gasteiger partial charge is 0.460 e. The van der Waals surface area contributed by atoms with E-state index in [0.717, 1.165) is 25.1 Å². The van der Waals surface area contributed by atoms with E-state index >= 15 is 0 Å². The first-order chi connectivity index (χ1) is 9.99. The van der Waals surface area contributed by atoms with Crippen molar-refractivity contribution < 1.29 is 14.5 Å². The highest BCUT2D eigenvalue weighted by atomic mass is 16.6. The van der Waals surface area contributed by atoms with E-state index in [1.165, 1.54) is 12.1 Å². The molecule has 1 aliphatic heterocycles. The molecular weight excluding hydrogens is 272 g/mol. The van der Waals surface area contributed by atoms with Gasteiger partial charge in [-0.2, -0.15) is 0 Å². The van der Waals surface area contributed by atoms with Crippen molar-refractivity contribution in [1.29, 1.82) is 0 Å². The molecule has 1 aromatic rings. The molecule has 1 atom stereocenters. The van der Waals surface area contributed by atoms with Gasteiger partial charge < -0.3 is 9.64 Å². The van der Waals surface area contributed by atoms with Crippen LogP contribution in [0.4, 0.5) is 11.4 Å². The third kappa shape index (κ3) is 3.59. The molecule has 1 aliphatic rings. The van der Waals surface area contributed by atoms with Crippen LogP contribution in [0.1, 0.15) is 19.8 Å². The van der Waals surface area contributed by atoms with Crippen molar-refractivity contribution in [3.63, 3.8) is 0 Å². The first-order valence-corrected chi connectivity index (χ1v) is 6.83. The Bertz CT molecular complexity index is 553. The van der Waals surface area contributed by atoms with Crippen molar-refractivity contribution >= 4 is 17.3 Å². The van der Waals surface area contributed by atoms with Gasteiger partial charge in [-0.25, -0.2) is 4.79 Å². The molecule has 0 bridgehead atoms. The molecule has 6 heteroatoms. The lowest BCUT2D eigenvalue weighted by Gasteiger charge is -2.26. The monoisotopic (exact) mass is 290 g/mol. The first-order valence-electron chi connectivity index (χ1n) is 6.83. The topological polar surface area (TPSA) is 72.7 Å². The highest BCUT2D eigenvalue weighted by molar-refractivity contribution is 5.86. The van der Waals surface area contributed by atoms with Crippen molar-refractivity contribution in [3.8, 4) is 0 Å². The summed E-state index contributed by atoms with van der Waals surface area (Å²) in [6.45, 7) is 6.33. The summed E-state index contributed by atoms with van der Waals surface area (Å²) >= 11 is 0. The summed E-state index contributed by atoms with van der Waals surface area (Å²) in [6, 6.07) is 6.55. The number of rotatable bonds is 5. The Kier molecular flexibility index (Phi) is 4.57. The van der Waals surface area contributed by atoms with Gasteiger partial charge in [0.05, 0.1) is 11.0 Å². The maximum atomic E-state index is 11.4. The number of benzene rings is 1. The smallest absolute Gasteiger partial charge is 0.333 e. The minimum atomic E-state index is -0.417. The van der Waals surface area contributed by atoms with Gasteiger partial charge >= 0.3 is 5.97 Å². The maximum absolute atomic E-state index is 11.4. The Labute approximate surface area is 123 Å². The number of ether oxygens (including phenoxy) is 1. The van der Waals surface area contributed by atoms with E-state index in [-0.39, 0.29) is 17.7 Å². The lowest BCUT2D eigenvalue weighted by atomic mass is 10.2. The molecule has 112 valence electrons. The van der Waals surface area contributed by atoms with Crippen molar-refractivity contribution in [2.75, 3.05) is 18.1 Å². The van der Waals surface area contributed by atoms with Crippen LogP contribution in [0.3, 0.4) is 0 Å². The van der Waals surface area contributed by atoms with Crippen LogP contribution in [0.15, 0.2) is 36.4 Å². The summed E-state index contributed by atoms with van der Waals surface area (Å²) in [4.78, 5) is 23.8. The van der Waals surface area contributed by atoms with Crippen LogP contribution in [-0.4, -0.2) is 30.1 Å². The lowest BCUT2D eigenvalue weighted by molar-refractivity contribution is -0.384. The highest BCUT2D eigenvalue weighted by Gasteiger charge is 2.26. The van der Waals surface area contributed by atoms with Gasteiger partial charge in [0.1, 0.15) is 6.61 Å². The van der Waals surface area contributed by atoms with Crippen molar-refractivity contribution in [2.45, 2.75) is 25.8 Å². The molecule has 6 nitrogen and oxygen atoms in total. The van der Waals surface area contributed by atoms with Crippen molar-refractivity contribution in [1.82, 2.24) is 0 Å². The van der Waals surface area contributed by atoms with Gasteiger partial charge in [-0.3, -0.25) is 10.1 Å². The molecule has 1 saturated heterocycles. The standard InChI is InChI=1S/C15H18N2O4/c1-11(2)15(18)21-10-14-4-3-9-16(14)12-5-7-13(8-6-12)17(19)20/h5-8,14H,1,3-4,9-10H2,2H3/t14-/m0/s1. The molecule has 0 saturated carbocycles. The van der Waals surface area contributed by atoms with Crippen LogP contribution in [0.25, 0.3) is 0 Å². The second kappa shape index (κ2) is 6.39. The highest BCUT2D eigenvalue weighted by Crippen LogP contribution is 2.27. The molecule has 0 spiro atoms. The van der Waals surface area contributed by atoms with Gasteiger partial charge in [0.15, 0.2) is 0 Å². The second-order valence-corrected chi connectivity index (χ2v) is 5.14. The Morgan fingerprint density at radius 3 is 2.71 bits per heavy atom. The van der Waals surface area contributed by atoms with Crippen LogP contribution in [0.2, 0.25) is 0 Å². The number of nitro benzene ring substituents is 1. The van der Waals surface area contributed by atoms with Crippen LogP contribution in [0.5, 0.6) is 0 Å². The average Bonchev–Trinajstić information content (AvgIpc) is 2.93. The minimum absolute atomic E-state index is 0.0724. The number of hydrogen-bond acceptors (Lipinski definition) is 5. The number of nitro groups is 1. The predicted octanol–water partition coefficient (Wildman–Crippen LogP) is 2.68. The van der Waals surface area contributed by atoms with E-state index in [1.54, 1.807) is 19.1 Å². The van der Waals surface area contributed by atoms with Gasteiger partial charge in [0, 0.05) is 29.9 Å². The summed E-state index contributed by atoms with van der Waals surface area (Å²) in [5, 5.41) is 10.7. The summed E-state index contributed by atoms with van der Waals surface area (Å²) in [5.74, 6) is -0.384. The van der Waals surface area contributed by atoms with Crippen LogP contribution in [0, 0.1) is 10.1 Å². The number of carbonyl (C=O) groups is 1. The molecule has 0 aromatic heterocycles. The third-order valence-electron chi connectivity index (χ3n) is 3.52. The summed E-state index contributed by atoms with van der Waals surface area (Å²) in [5.41, 5.74) is 1.37. The number of esters is 1. The molecule has 0 N–H and O–H groups in total. The summed E-state index contributed by atoms with van der Waals surface area (Å²) in [7, 11) is 0. The van der Waals surface area contributed by atoms with Crippen LogP contribution < -0.4 is 4.90 Å². The molecule has 1 heterocycles. The van der Waals surface area contributed by atoms with E-state index in [1.807, 2.05) is 0 Å². The second-order valence-electron chi connectivity index (χ2n) is 5.14. The van der Waals surface area contributed by atoms with Gasteiger partial charge in [-0.15, -0.1) is 0 Å². The quantitative estimate of drug-likeness (QED) is 0.361. The summed E-state index contributed by atoms with van der Waals surface area (Å²) in [6.07, 6.45) is 1.94. The molecule has 1 aromatic carbocycles. The molecule has 2 rings (SSSR count). The molecule has 0 aliphatic carbocycles. The number of non-ortho nitro benzene ring substituents is 1. The predicted molar refractivity (Wildman–Crippen MR) is 79.2 cm³/mol. The lowest BCUT2D eigenvalue weighted by Crippen LogP contribution is -2.34. The number of anilines is 1. The van der Waals surface area contributed by atoms with E-state index in [4.69, 9.17) is 4.74 Å². The number of nitrogens with zero attached hydrogens (tertiary/aromatic N) is 2. The molecule has 1 fully saturated rings. The molecule has 0 unspecified atom stereocenters. The Morgan fingerprint density at radius 2 is 2.14 bits per heavy atom. The molecule has 0 radical (unpaired) electrons. The van der Waals surface area contributed by atoms with E-state index in [2.05, 4.69) is 11.5 Å². The minimum Gasteiger partial charge on any atom is -0.460 e. The van der Waals surface area contributed by atoms with Gasteiger partial charge in [-0.1, -0.05) is 6.58 Å². The molecule has 0 amide bonds. The zero-order valence-electron chi connectivity index (χ0n) is 11.9. The Hall–Kier alpha value is -2.37. The van der Waals surface area contributed by atoms with Gasteiger partial charge in [0.25, 0.3) is 5.69 Å². The van der Waals surface area contributed by atoms with Gasteiger partial charge in [0.2, 0.25) is 0 Å². The zero-order chi connectivity index (χ0) is 15.4. The first kappa shape index (κ1) is 15.0. The fourth-order valence-electron chi connectivity index (χ4n) is 2.41. The maximum Gasteiger partial charge on any atom is 0.333 e. The van der Waals surface area contributed by atoms with E-state index in [9.17, 15) is 14.9 Å². The van der Waals surface area contributed by atoms with E-state index < -0.39 is 4.92 Å². The van der Waals surface area contributed by atoms with E-state index in [0.29, 0.717) is 12.2 Å². The number of carbonyl (C=O) groups excluding carboxylic acids is 1. The molecular formula is C15H18N2O4. The SMILES string of the molecule is C=C(C)C(=O)OC[C@@H]1CCCN1c1ccc([N+](=O)[O-])cc1. The molecule has 21 heavy (non-hydrogen) atoms. The summed E-state index contributed by atoms with van der Waals surface area (Å²) < 4.78 is 5.21. The third-order valence-corrected chi connectivity index (χ3v) is 3.52. The fourth-order valence-corrected chi connectivity index (χ4v) is 2.41. The van der Waals surface area contributed by atoms with Crippen molar-refractivity contribution in [3.05, 3.63) is 46.5 Å². The average molecular weight is 290 g/mol. The number of hydrogen-bond donors (Lipinski definition) is 0. The van der Waals surface area contributed by atoms with Crippen LogP contribution >= 0.6 is 0 Å². The van der Waals surface area contributed by atoms with Gasteiger partial charge in [-0.05, 0) is 31.9 Å². The fraction of sp³-hybridized carbons (Fsp3) is 0.400.